The minimum absolute atomic E-state index is 0.793. The number of furan rings is 1. The van der Waals surface area contributed by atoms with Gasteiger partial charge in [-0.2, -0.15) is 0 Å². The fourth-order valence-corrected chi connectivity index (χ4v) is 8.18. The van der Waals surface area contributed by atoms with Crippen molar-refractivity contribution in [3.8, 4) is 33.6 Å². The third kappa shape index (κ3) is 4.11. The Bertz CT molecular complexity index is 3130. The second-order valence-corrected chi connectivity index (χ2v) is 13.2. The summed E-state index contributed by atoms with van der Waals surface area (Å²) >= 11 is 0. The summed E-state index contributed by atoms with van der Waals surface area (Å²) in [5.41, 5.74) is 14.2. The summed E-state index contributed by atoms with van der Waals surface area (Å²) in [6.07, 6.45) is 1.83. The zero-order chi connectivity index (χ0) is 33.5. The van der Waals surface area contributed by atoms with Crippen LogP contribution >= 0.6 is 0 Å². The van der Waals surface area contributed by atoms with Gasteiger partial charge in [0, 0.05) is 50.1 Å². The molecule has 0 amide bonds. The van der Waals surface area contributed by atoms with E-state index in [4.69, 9.17) is 9.40 Å². The molecule has 0 aliphatic carbocycles. The Kier molecular flexibility index (Phi) is 5.92. The predicted octanol–water partition coefficient (Wildman–Crippen LogP) is 12.5. The zero-order valence-corrected chi connectivity index (χ0v) is 27.5. The van der Waals surface area contributed by atoms with Gasteiger partial charge in [-0.15, -0.1) is 0 Å². The Morgan fingerprint density at radius 1 is 0.412 bits per heavy atom. The summed E-state index contributed by atoms with van der Waals surface area (Å²) in [5, 5.41) is 5.89. The number of benzene rings is 7. The lowest BCUT2D eigenvalue weighted by Crippen LogP contribution is -1.97. The van der Waals surface area contributed by atoms with Crippen molar-refractivity contribution in [2.75, 3.05) is 0 Å². The van der Waals surface area contributed by atoms with Gasteiger partial charge in [0.25, 0.3) is 0 Å². The maximum atomic E-state index is 6.21. The van der Waals surface area contributed by atoms with Gasteiger partial charge in [0.1, 0.15) is 11.1 Å². The van der Waals surface area contributed by atoms with Crippen molar-refractivity contribution < 1.29 is 4.42 Å². The van der Waals surface area contributed by atoms with Crippen molar-refractivity contribution in [1.29, 1.82) is 0 Å². The van der Waals surface area contributed by atoms with Gasteiger partial charge < -0.3 is 13.6 Å². The summed E-state index contributed by atoms with van der Waals surface area (Å²) in [4.78, 5) is 4.71. The molecule has 0 radical (unpaired) electrons. The number of pyridine rings is 1. The lowest BCUT2D eigenvalue weighted by atomic mass is 9.91. The second kappa shape index (κ2) is 10.8. The maximum Gasteiger partial charge on any atom is 0.153 e. The van der Waals surface area contributed by atoms with Gasteiger partial charge in [-0.1, -0.05) is 103 Å². The molecule has 0 bridgehead atoms. The van der Waals surface area contributed by atoms with E-state index >= 15 is 0 Å². The molecule has 51 heavy (non-hydrogen) atoms. The smallest absolute Gasteiger partial charge is 0.153 e. The van der Waals surface area contributed by atoms with Gasteiger partial charge in [-0.25, -0.2) is 0 Å². The Morgan fingerprint density at radius 2 is 1.12 bits per heavy atom. The molecule has 0 saturated carbocycles. The van der Waals surface area contributed by atoms with Gasteiger partial charge in [0.05, 0.1) is 22.1 Å². The molecule has 238 valence electrons. The van der Waals surface area contributed by atoms with Crippen LogP contribution in [0.15, 0.2) is 180 Å². The first-order valence-corrected chi connectivity index (χ1v) is 17.3. The normalized spacial score (nSPS) is 11.9. The predicted molar refractivity (Wildman–Crippen MR) is 211 cm³/mol. The van der Waals surface area contributed by atoms with E-state index < -0.39 is 0 Å². The van der Waals surface area contributed by atoms with Crippen LogP contribution in [0.25, 0.3) is 99.3 Å². The van der Waals surface area contributed by atoms with Crippen LogP contribution in [0.5, 0.6) is 0 Å². The van der Waals surface area contributed by atoms with Gasteiger partial charge >= 0.3 is 0 Å². The molecule has 0 aliphatic rings. The van der Waals surface area contributed by atoms with Crippen LogP contribution in [0.2, 0.25) is 0 Å². The highest BCUT2D eigenvalue weighted by molar-refractivity contribution is 6.18. The standard InChI is InChI=1S/C47H29N3O/c1-3-12-30(13-4-1)34-23-24-37-35-16-7-10-19-41(35)50(33-22-26-43-39(29-33)46-44(51-43)20-11-27-48-46)47(37)45(34)31-21-25-42-38(28-31)36-17-8-9-18-40(36)49(42)32-14-5-2-6-15-32/h1-29H. The molecule has 0 aliphatic heterocycles. The molecule has 0 fully saturated rings. The van der Waals surface area contributed by atoms with E-state index in [0.717, 1.165) is 39.0 Å². The molecule has 4 heteroatoms. The Morgan fingerprint density at radius 3 is 1.94 bits per heavy atom. The molecule has 7 aromatic carbocycles. The molecule has 0 spiro atoms. The van der Waals surface area contributed by atoms with Crippen molar-refractivity contribution in [2.45, 2.75) is 0 Å². The van der Waals surface area contributed by atoms with Crippen LogP contribution in [-0.4, -0.2) is 14.1 Å². The van der Waals surface area contributed by atoms with Crippen molar-refractivity contribution in [3.63, 3.8) is 0 Å². The lowest BCUT2D eigenvalue weighted by Gasteiger charge is -2.17. The van der Waals surface area contributed by atoms with Crippen LogP contribution in [-0.2, 0) is 0 Å². The molecule has 4 heterocycles. The lowest BCUT2D eigenvalue weighted by molar-refractivity contribution is 0.668. The summed E-state index contributed by atoms with van der Waals surface area (Å²) in [6, 6.07) is 60.9. The largest absolute Gasteiger partial charge is 0.454 e. The summed E-state index contributed by atoms with van der Waals surface area (Å²) in [7, 11) is 0. The molecule has 4 aromatic heterocycles. The van der Waals surface area contributed by atoms with Crippen molar-refractivity contribution in [2.24, 2.45) is 0 Å². The van der Waals surface area contributed by atoms with E-state index in [1.807, 2.05) is 18.3 Å². The van der Waals surface area contributed by atoms with Crippen LogP contribution in [0.1, 0.15) is 0 Å². The highest BCUT2D eigenvalue weighted by atomic mass is 16.3. The molecule has 0 saturated heterocycles. The number of fused-ring (bicyclic) bond motifs is 9. The van der Waals surface area contributed by atoms with Gasteiger partial charge in [-0.3, -0.25) is 4.98 Å². The SMILES string of the molecule is c1ccc(-c2ccc3c4ccccc4n(-c4ccc5oc6cccnc6c5c4)c3c2-c2ccc3c(c2)c2ccccc2n3-c2ccccc2)cc1. The molecular formula is C47H29N3O. The van der Waals surface area contributed by atoms with Gasteiger partial charge in [0.2, 0.25) is 0 Å². The number of hydrogen-bond donors (Lipinski definition) is 0. The minimum atomic E-state index is 0.793. The fraction of sp³-hybridized carbons (Fsp3) is 0. The number of hydrogen-bond acceptors (Lipinski definition) is 2. The summed E-state index contributed by atoms with van der Waals surface area (Å²) in [5.74, 6) is 0. The molecule has 0 N–H and O–H groups in total. The van der Waals surface area contributed by atoms with Crippen molar-refractivity contribution in [1.82, 2.24) is 14.1 Å². The van der Waals surface area contributed by atoms with E-state index in [-0.39, 0.29) is 0 Å². The van der Waals surface area contributed by atoms with Gasteiger partial charge in [-0.05, 0) is 83.4 Å². The Balaban J connectivity index is 1.28. The second-order valence-electron chi connectivity index (χ2n) is 13.2. The average Bonchev–Trinajstić information content (AvgIpc) is 3.85. The maximum absolute atomic E-state index is 6.21. The highest BCUT2D eigenvalue weighted by Gasteiger charge is 2.22. The monoisotopic (exact) mass is 651 g/mol. The number of aromatic nitrogens is 3. The Labute approximate surface area is 293 Å². The third-order valence-corrected chi connectivity index (χ3v) is 10.4. The van der Waals surface area contributed by atoms with E-state index in [9.17, 15) is 0 Å². The third-order valence-electron chi connectivity index (χ3n) is 10.4. The number of rotatable bonds is 4. The van der Waals surface area contributed by atoms with Gasteiger partial charge in [0.15, 0.2) is 5.58 Å². The Hall–Kier alpha value is -6.91. The van der Waals surface area contributed by atoms with Crippen LogP contribution in [0.4, 0.5) is 0 Å². The number of para-hydroxylation sites is 3. The first kappa shape index (κ1) is 28.0. The first-order valence-electron chi connectivity index (χ1n) is 17.3. The van der Waals surface area contributed by atoms with Crippen molar-refractivity contribution in [3.05, 3.63) is 176 Å². The summed E-state index contributed by atoms with van der Waals surface area (Å²) in [6.45, 7) is 0. The summed E-state index contributed by atoms with van der Waals surface area (Å²) < 4.78 is 11.0. The van der Waals surface area contributed by atoms with Crippen molar-refractivity contribution >= 4 is 65.7 Å². The molecule has 4 nitrogen and oxygen atoms in total. The highest BCUT2D eigenvalue weighted by Crippen LogP contribution is 2.45. The van der Waals surface area contributed by atoms with E-state index in [0.29, 0.717) is 0 Å². The van der Waals surface area contributed by atoms with Crippen LogP contribution < -0.4 is 0 Å². The molecule has 11 rings (SSSR count). The molecule has 0 atom stereocenters. The number of nitrogens with zero attached hydrogens (tertiary/aromatic N) is 3. The molecule has 0 unspecified atom stereocenters. The first-order chi connectivity index (χ1) is 25.3. The van der Waals surface area contributed by atoms with E-state index in [2.05, 4.69) is 167 Å². The fourth-order valence-electron chi connectivity index (χ4n) is 8.18. The topological polar surface area (TPSA) is 35.9 Å². The van der Waals surface area contributed by atoms with Crippen LogP contribution in [0, 0.1) is 0 Å². The minimum Gasteiger partial charge on any atom is -0.454 e. The quantitative estimate of drug-likeness (QED) is 0.190. The molecule has 11 aromatic rings. The van der Waals surface area contributed by atoms with E-state index in [1.165, 1.54) is 60.3 Å². The average molecular weight is 652 g/mol. The molecular weight excluding hydrogens is 623 g/mol. The zero-order valence-electron chi connectivity index (χ0n) is 27.5. The van der Waals surface area contributed by atoms with Crippen LogP contribution in [0.3, 0.4) is 0 Å². The van der Waals surface area contributed by atoms with E-state index in [1.54, 1.807) is 0 Å².